The van der Waals surface area contributed by atoms with Crippen molar-refractivity contribution in [2.24, 2.45) is 0 Å². The van der Waals surface area contributed by atoms with Gasteiger partial charge in [-0.2, -0.15) is 0 Å². The molecule has 0 bridgehead atoms. The van der Waals surface area contributed by atoms with Crippen LogP contribution in [-0.2, 0) is 0 Å². The maximum absolute atomic E-state index is 12.2. The number of phenolic OH excluding ortho intramolecular Hbond substituents is 1. The number of nitrogens with one attached hydrogen (secondary N) is 1. The van der Waals surface area contributed by atoms with Crippen molar-refractivity contribution in [2.45, 2.75) is 13.8 Å². The lowest BCUT2D eigenvalue weighted by Crippen LogP contribution is -2.13. The first kappa shape index (κ1) is 13.9. The number of amides is 1. The fourth-order valence-corrected chi connectivity index (χ4v) is 2.31. The highest BCUT2D eigenvalue weighted by atomic mass is 127. The second kappa shape index (κ2) is 5.61. The number of hydrogen-bond donors (Lipinski definition) is 2. The Bertz CT molecular complexity index is 638. The fraction of sp³-hybridized carbons (Fsp3) is 0.133. The van der Waals surface area contributed by atoms with E-state index >= 15 is 0 Å². The SMILES string of the molecule is Cc1ccc(NC(=O)c2cccc(C)c2I)cc1O. The van der Waals surface area contributed by atoms with E-state index in [1.165, 1.54) is 0 Å². The Labute approximate surface area is 125 Å². The van der Waals surface area contributed by atoms with Crippen LogP contribution >= 0.6 is 22.6 Å². The van der Waals surface area contributed by atoms with Crippen LogP contribution in [-0.4, -0.2) is 11.0 Å². The lowest BCUT2D eigenvalue weighted by molar-refractivity contribution is 0.102. The van der Waals surface area contributed by atoms with Gasteiger partial charge in [0.25, 0.3) is 5.91 Å². The number of anilines is 1. The number of aromatic hydroxyl groups is 1. The molecule has 3 nitrogen and oxygen atoms in total. The van der Waals surface area contributed by atoms with Crippen LogP contribution in [0.3, 0.4) is 0 Å². The van der Waals surface area contributed by atoms with E-state index in [9.17, 15) is 9.90 Å². The van der Waals surface area contributed by atoms with E-state index in [1.54, 1.807) is 24.3 Å². The molecule has 0 aromatic heterocycles. The van der Waals surface area contributed by atoms with Gasteiger partial charge in [0.2, 0.25) is 0 Å². The van der Waals surface area contributed by atoms with Crippen LogP contribution in [0.4, 0.5) is 5.69 Å². The topological polar surface area (TPSA) is 49.3 Å². The van der Waals surface area contributed by atoms with E-state index in [4.69, 9.17) is 0 Å². The molecule has 0 heterocycles. The van der Waals surface area contributed by atoms with Gasteiger partial charge in [-0.1, -0.05) is 18.2 Å². The first-order chi connectivity index (χ1) is 8.99. The maximum Gasteiger partial charge on any atom is 0.256 e. The Morgan fingerprint density at radius 2 is 1.89 bits per heavy atom. The van der Waals surface area contributed by atoms with Gasteiger partial charge in [0.15, 0.2) is 0 Å². The van der Waals surface area contributed by atoms with Gasteiger partial charge in [-0.25, -0.2) is 0 Å². The van der Waals surface area contributed by atoms with Gasteiger partial charge in [0.1, 0.15) is 5.75 Å². The van der Waals surface area contributed by atoms with Crippen LogP contribution in [0, 0.1) is 17.4 Å². The first-order valence-electron chi connectivity index (χ1n) is 5.85. The van der Waals surface area contributed by atoms with Crippen molar-refractivity contribution < 1.29 is 9.90 Å². The molecule has 0 aliphatic heterocycles. The minimum absolute atomic E-state index is 0.170. The second-order valence-electron chi connectivity index (χ2n) is 4.39. The molecule has 0 unspecified atom stereocenters. The molecular weight excluding hydrogens is 353 g/mol. The summed E-state index contributed by atoms with van der Waals surface area (Å²) in [6.07, 6.45) is 0. The van der Waals surface area contributed by atoms with E-state index in [0.29, 0.717) is 11.3 Å². The molecule has 2 N–H and O–H groups in total. The molecule has 0 fully saturated rings. The standard InChI is InChI=1S/C15H14INO2/c1-9-6-7-11(8-13(9)18)17-15(19)12-5-3-4-10(2)14(12)16/h3-8,18H,1-2H3,(H,17,19). The molecule has 0 saturated heterocycles. The van der Waals surface area contributed by atoms with Crippen LogP contribution in [0.5, 0.6) is 5.75 Å². The van der Waals surface area contributed by atoms with E-state index in [0.717, 1.165) is 14.7 Å². The second-order valence-corrected chi connectivity index (χ2v) is 5.47. The molecule has 2 aromatic carbocycles. The molecule has 4 heteroatoms. The van der Waals surface area contributed by atoms with Crippen LogP contribution in [0.2, 0.25) is 0 Å². The van der Waals surface area contributed by atoms with Gasteiger partial charge in [-0.05, 0) is 59.7 Å². The normalized spacial score (nSPS) is 10.3. The third-order valence-corrected chi connectivity index (χ3v) is 4.34. The average molecular weight is 367 g/mol. The number of hydrogen-bond acceptors (Lipinski definition) is 2. The zero-order valence-corrected chi connectivity index (χ0v) is 12.9. The average Bonchev–Trinajstić information content (AvgIpc) is 2.37. The number of carbonyl (C=O) groups excluding carboxylic acids is 1. The zero-order chi connectivity index (χ0) is 14.0. The van der Waals surface area contributed by atoms with Crippen molar-refractivity contribution in [3.8, 4) is 5.75 Å². The Morgan fingerprint density at radius 1 is 1.16 bits per heavy atom. The highest BCUT2D eigenvalue weighted by Crippen LogP contribution is 2.22. The highest BCUT2D eigenvalue weighted by molar-refractivity contribution is 14.1. The van der Waals surface area contributed by atoms with E-state index in [1.807, 2.05) is 26.0 Å². The summed E-state index contributed by atoms with van der Waals surface area (Å²) in [6, 6.07) is 10.7. The predicted octanol–water partition coefficient (Wildman–Crippen LogP) is 3.87. The molecule has 0 aliphatic rings. The summed E-state index contributed by atoms with van der Waals surface area (Å²) in [7, 11) is 0. The molecule has 2 rings (SSSR count). The van der Waals surface area contributed by atoms with Gasteiger partial charge in [-0.15, -0.1) is 0 Å². The van der Waals surface area contributed by atoms with Crippen LogP contribution in [0.25, 0.3) is 0 Å². The number of benzene rings is 2. The fourth-order valence-electron chi connectivity index (χ4n) is 1.71. The van der Waals surface area contributed by atoms with Crippen molar-refractivity contribution in [1.82, 2.24) is 0 Å². The molecule has 1 amide bonds. The van der Waals surface area contributed by atoms with Crippen molar-refractivity contribution in [2.75, 3.05) is 5.32 Å². The van der Waals surface area contributed by atoms with Gasteiger partial charge < -0.3 is 10.4 Å². The smallest absolute Gasteiger partial charge is 0.256 e. The van der Waals surface area contributed by atoms with Crippen molar-refractivity contribution in [3.63, 3.8) is 0 Å². The molecule has 0 saturated carbocycles. The minimum Gasteiger partial charge on any atom is -0.508 e. The molecule has 2 aromatic rings. The monoisotopic (exact) mass is 367 g/mol. The third-order valence-electron chi connectivity index (χ3n) is 2.90. The maximum atomic E-state index is 12.2. The van der Waals surface area contributed by atoms with E-state index in [-0.39, 0.29) is 11.7 Å². The summed E-state index contributed by atoms with van der Waals surface area (Å²) in [5.74, 6) is 0.00749. The minimum atomic E-state index is -0.170. The largest absolute Gasteiger partial charge is 0.508 e. The lowest BCUT2D eigenvalue weighted by Gasteiger charge is -2.09. The summed E-state index contributed by atoms with van der Waals surface area (Å²) in [6.45, 7) is 3.78. The summed E-state index contributed by atoms with van der Waals surface area (Å²) < 4.78 is 0.939. The summed E-state index contributed by atoms with van der Waals surface area (Å²) in [5.41, 5.74) is 3.08. The van der Waals surface area contributed by atoms with Crippen LogP contribution < -0.4 is 5.32 Å². The van der Waals surface area contributed by atoms with Gasteiger partial charge in [0.05, 0.1) is 5.56 Å². The lowest BCUT2D eigenvalue weighted by atomic mass is 10.1. The van der Waals surface area contributed by atoms with Crippen LogP contribution in [0.1, 0.15) is 21.5 Å². The summed E-state index contributed by atoms with van der Waals surface area (Å²) in [4.78, 5) is 12.2. The highest BCUT2D eigenvalue weighted by Gasteiger charge is 2.11. The number of phenols is 1. The van der Waals surface area contributed by atoms with Crippen molar-refractivity contribution in [3.05, 3.63) is 56.7 Å². The number of aryl methyl sites for hydroxylation is 2. The van der Waals surface area contributed by atoms with Crippen LogP contribution in [0.15, 0.2) is 36.4 Å². The Morgan fingerprint density at radius 3 is 2.58 bits per heavy atom. The number of carbonyl (C=O) groups is 1. The van der Waals surface area contributed by atoms with Gasteiger partial charge >= 0.3 is 0 Å². The molecule has 0 aliphatic carbocycles. The summed E-state index contributed by atoms with van der Waals surface area (Å²) >= 11 is 2.16. The Kier molecular flexibility index (Phi) is 4.09. The number of halogens is 1. The number of rotatable bonds is 2. The van der Waals surface area contributed by atoms with Gasteiger partial charge in [-0.3, -0.25) is 4.79 Å². The van der Waals surface area contributed by atoms with Crippen molar-refractivity contribution in [1.29, 1.82) is 0 Å². The molecule has 0 atom stereocenters. The Hall–Kier alpha value is -1.56. The van der Waals surface area contributed by atoms with Crippen molar-refractivity contribution >= 4 is 34.2 Å². The van der Waals surface area contributed by atoms with E-state index < -0.39 is 0 Å². The molecular formula is C15H14INO2. The van der Waals surface area contributed by atoms with E-state index in [2.05, 4.69) is 27.9 Å². The Balaban J connectivity index is 2.26. The third kappa shape index (κ3) is 3.07. The molecule has 0 spiro atoms. The zero-order valence-electron chi connectivity index (χ0n) is 10.7. The summed E-state index contributed by atoms with van der Waals surface area (Å²) in [5, 5.41) is 12.4. The quantitative estimate of drug-likeness (QED) is 0.792. The molecule has 98 valence electrons. The predicted molar refractivity (Wildman–Crippen MR) is 84.7 cm³/mol. The first-order valence-corrected chi connectivity index (χ1v) is 6.93. The molecule has 0 radical (unpaired) electrons. The van der Waals surface area contributed by atoms with Gasteiger partial charge in [0, 0.05) is 15.3 Å². The molecule has 19 heavy (non-hydrogen) atoms.